The molecule has 3 aromatic rings. The van der Waals surface area contributed by atoms with Gasteiger partial charge in [0.05, 0.1) is 38.4 Å². The molecule has 0 unspecified atom stereocenters. The predicted octanol–water partition coefficient (Wildman–Crippen LogP) is -4.22. The molecule has 2 heterocycles. The first-order valence-electron chi connectivity index (χ1n) is 8.74. The van der Waals surface area contributed by atoms with Gasteiger partial charge in [-0.3, -0.25) is 0 Å². The van der Waals surface area contributed by atoms with E-state index in [0.29, 0.717) is 11.1 Å². The van der Waals surface area contributed by atoms with E-state index in [1.165, 1.54) is 6.07 Å². The van der Waals surface area contributed by atoms with Crippen molar-refractivity contribution in [3.63, 3.8) is 0 Å². The van der Waals surface area contributed by atoms with Crippen LogP contribution in [0, 0.1) is 0 Å². The van der Waals surface area contributed by atoms with Crippen LogP contribution < -0.4 is 64.8 Å². The summed E-state index contributed by atoms with van der Waals surface area (Å²) in [6, 6.07) is 3.43. The van der Waals surface area contributed by atoms with E-state index in [0.717, 1.165) is 16.8 Å². The topological polar surface area (TPSA) is 209 Å². The van der Waals surface area contributed by atoms with Crippen molar-refractivity contribution < 1.29 is 89.6 Å². The Balaban J connectivity index is 0.00000272. The molecule has 0 bridgehead atoms. The zero-order chi connectivity index (χ0) is 23.2. The molecule has 2 N–H and O–H groups in total. The van der Waals surface area contributed by atoms with Crippen LogP contribution in [0.4, 0.5) is 17.3 Å². The second-order valence-corrected chi connectivity index (χ2v) is 10.5. The van der Waals surface area contributed by atoms with Gasteiger partial charge in [0, 0.05) is 11.5 Å². The van der Waals surface area contributed by atoms with Crippen LogP contribution in [0.15, 0.2) is 37.8 Å². The SMILES string of the molecule is CC(C)(C)c1nn(CCS(=O)(=O)[O-])c(N)c1N=Nc1noc2cc(S(=O)(=O)[O-])ccc12.[Na+].[Na+]. The largest absolute Gasteiger partial charge is 1.00 e. The summed E-state index contributed by atoms with van der Waals surface area (Å²) in [6.07, 6.45) is 0. The maximum absolute atomic E-state index is 11.1. The normalized spacial score (nSPS) is 12.6. The van der Waals surface area contributed by atoms with Crippen molar-refractivity contribution in [2.75, 3.05) is 11.5 Å². The van der Waals surface area contributed by atoms with Gasteiger partial charge in [-0.15, -0.1) is 10.2 Å². The summed E-state index contributed by atoms with van der Waals surface area (Å²) in [6.45, 7) is 5.24. The fourth-order valence-corrected chi connectivity index (χ4v) is 3.55. The molecule has 0 amide bonds. The van der Waals surface area contributed by atoms with Crippen molar-refractivity contribution in [1.29, 1.82) is 0 Å². The zero-order valence-electron chi connectivity index (χ0n) is 18.6. The smallest absolute Gasteiger partial charge is 0.748 e. The van der Waals surface area contributed by atoms with Crippen molar-refractivity contribution in [1.82, 2.24) is 14.9 Å². The Morgan fingerprint density at radius 2 is 1.76 bits per heavy atom. The Labute approximate surface area is 234 Å². The van der Waals surface area contributed by atoms with Crippen molar-refractivity contribution in [2.45, 2.75) is 37.6 Å². The summed E-state index contributed by atoms with van der Waals surface area (Å²) in [5.74, 6) is -0.693. The zero-order valence-corrected chi connectivity index (χ0v) is 24.3. The molecule has 0 radical (unpaired) electrons. The minimum Gasteiger partial charge on any atom is -0.748 e. The fraction of sp³-hybridized carbons (Fsp3) is 0.375. The maximum Gasteiger partial charge on any atom is 1.00 e. The van der Waals surface area contributed by atoms with Gasteiger partial charge < -0.3 is 19.4 Å². The van der Waals surface area contributed by atoms with Crippen LogP contribution in [-0.4, -0.2) is 46.6 Å². The summed E-state index contributed by atoms with van der Waals surface area (Å²) in [5, 5.41) is 16.4. The molecule has 0 fully saturated rings. The average molecular weight is 516 g/mol. The first kappa shape index (κ1) is 30.2. The van der Waals surface area contributed by atoms with Crippen molar-refractivity contribution in [3.05, 3.63) is 23.9 Å². The Morgan fingerprint density at radius 1 is 1.12 bits per heavy atom. The number of rotatable bonds is 6. The summed E-state index contributed by atoms with van der Waals surface area (Å²) >= 11 is 0. The molecule has 0 aliphatic rings. The third-order valence-corrected chi connectivity index (χ3v) is 5.70. The van der Waals surface area contributed by atoms with Gasteiger partial charge in [0.15, 0.2) is 11.3 Å². The van der Waals surface area contributed by atoms with Crippen LogP contribution in [-0.2, 0) is 32.2 Å². The molecule has 3 rings (SSSR count). The van der Waals surface area contributed by atoms with E-state index in [4.69, 9.17) is 10.3 Å². The predicted molar refractivity (Wildman–Crippen MR) is 106 cm³/mol. The number of aromatic nitrogens is 3. The molecule has 33 heavy (non-hydrogen) atoms. The number of aryl methyl sites for hydroxylation is 1. The first-order chi connectivity index (χ1) is 14.2. The molecule has 0 spiro atoms. The Bertz CT molecular complexity index is 1390. The van der Waals surface area contributed by atoms with Gasteiger partial charge in [-0.2, -0.15) is 5.10 Å². The molecule has 0 atom stereocenters. The number of fused-ring (bicyclic) bond motifs is 1. The van der Waals surface area contributed by atoms with E-state index in [1.807, 2.05) is 20.8 Å². The second kappa shape index (κ2) is 10.8. The van der Waals surface area contributed by atoms with E-state index in [-0.39, 0.29) is 88.6 Å². The number of anilines is 1. The minimum atomic E-state index is -4.67. The van der Waals surface area contributed by atoms with Gasteiger partial charge in [-0.1, -0.05) is 25.9 Å². The molecule has 13 nitrogen and oxygen atoms in total. The van der Waals surface area contributed by atoms with Gasteiger partial charge in [0.1, 0.15) is 15.9 Å². The number of benzene rings is 1. The number of azo groups is 1. The van der Waals surface area contributed by atoms with Gasteiger partial charge in [-0.05, 0) is 12.1 Å². The van der Waals surface area contributed by atoms with E-state index in [9.17, 15) is 25.9 Å². The average Bonchev–Trinajstić information content (AvgIpc) is 3.17. The monoisotopic (exact) mass is 516 g/mol. The van der Waals surface area contributed by atoms with Crippen molar-refractivity contribution in [2.24, 2.45) is 10.2 Å². The van der Waals surface area contributed by atoms with E-state index < -0.39 is 36.3 Å². The quantitative estimate of drug-likeness (QED) is 0.190. The number of nitrogens with two attached hydrogens (primary N) is 1. The van der Waals surface area contributed by atoms with Crippen molar-refractivity contribution in [3.8, 4) is 0 Å². The summed E-state index contributed by atoms with van der Waals surface area (Å²) in [5.41, 5.74) is 6.09. The Hall–Kier alpha value is -0.880. The van der Waals surface area contributed by atoms with E-state index in [1.54, 1.807) is 0 Å². The third kappa shape index (κ3) is 7.30. The van der Waals surface area contributed by atoms with Gasteiger partial charge in [-0.25, -0.2) is 21.5 Å². The molecular weight excluding hydrogens is 498 g/mol. The van der Waals surface area contributed by atoms with Gasteiger partial charge >= 0.3 is 59.1 Å². The molecule has 0 aliphatic carbocycles. The molecule has 0 aliphatic heterocycles. The molecular formula is C16H18N6Na2O7S2. The molecule has 1 aromatic carbocycles. The van der Waals surface area contributed by atoms with E-state index in [2.05, 4.69) is 20.5 Å². The van der Waals surface area contributed by atoms with E-state index >= 15 is 0 Å². The molecule has 168 valence electrons. The summed E-state index contributed by atoms with van der Waals surface area (Å²) < 4.78 is 72.4. The number of nitrogen functional groups attached to an aromatic ring is 1. The van der Waals surface area contributed by atoms with Gasteiger partial charge in [0.25, 0.3) is 0 Å². The van der Waals surface area contributed by atoms with Crippen LogP contribution in [0.25, 0.3) is 11.0 Å². The first-order valence-corrected chi connectivity index (χ1v) is 11.7. The van der Waals surface area contributed by atoms with Crippen molar-refractivity contribution >= 4 is 48.5 Å². The van der Waals surface area contributed by atoms with Crippen LogP contribution in [0.2, 0.25) is 0 Å². The second-order valence-electron chi connectivity index (χ2n) is 7.64. The van der Waals surface area contributed by atoms with Crippen LogP contribution in [0.5, 0.6) is 0 Å². The standard InChI is InChI=1S/C16H20N6O7S2.2Na/c1-16(2,3)13-12(14(17)22(20-13)6-7-30(23,24)25)18-19-15-10-5-4-9(31(26,27)28)8-11(10)29-21-15;;/h4-5,8H,6-7,17H2,1-3H3,(H,23,24,25)(H,26,27,28);;/q;2*+1/p-2. The Kier molecular flexibility index (Phi) is 9.87. The Morgan fingerprint density at radius 3 is 2.30 bits per heavy atom. The fourth-order valence-electron chi connectivity index (χ4n) is 2.67. The number of hydrogen-bond donors (Lipinski definition) is 1. The van der Waals surface area contributed by atoms with Crippen LogP contribution >= 0.6 is 0 Å². The molecule has 17 heteroatoms. The molecule has 2 aromatic heterocycles. The molecule has 0 saturated heterocycles. The maximum atomic E-state index is 11.1. The number of hydrogen-bond acceptors (Lipinski definition) is 12. The summed E-state index contributed by atoms with van der Waals surface area (Å²) in [4.78, 5) is -0.478. The van der Waals surface area contributed by atoms with Gasteiger partial charge in [0.2, 0.25) is 5.82 Å². The van der Waals surface area contributed by atoms with Crippen LogP contribution in [0.1, 0.15) is 26.5 Å². The number of nitrogens with zero attached hydrogens (tertiary/aromatic N) is 5. The third-order valence-electron chi connectivity index (χ3n) is 4.19. The minimum absolute atomic E-state index is 0. The van der Waals surface area contributed by atoms with Crippen LogP contribution in [0.3, 0.4) is 0 Å². The molecule has 0 saturated carbocycles. The summed E-state index contributed by atoms with van der Waals surface area (Å²) in [7, 11) is -9.14.